The van der Waals surface area contributed by atoms with E-state index in [4.69, 9.17) is 0 Å². The number of benzene rings is 1. The van der Waals surface area contributed by atoms with Crippen LogP contribution in [0.2, 0.25) is 0 Å². The van der Waals surface area contributed by atoms with Crippen LogP contribution in [0.15, 0.2) is 22.7 Å². The molecule has 1 saturated heterocycles. The van der Waals surface area contributed by atoms with E-state index in [0.717, 1.165) is 35.6 Å². The summed E-state index contributed by atoms with van der Waals surface area (Å²) in [7, 11) is -0.630. The molecule has 1 aliphatic rings. The first-order valence-electron chi connectivity index (χ1n) is 6.98. The van der Waals surface area contributed by atoms with E-state index in [9.17, 15) is 4.21 Å². The van der Waals surface area contributed by atoms with Crippen molar-refractivity contribution in [2.45, 2.75) is 32.9 Å². The summed E-state index contributed by atoms with van der Waals surface area (Å²) in [5, 5.41) is 3.55. The van der Waals surface area contributed by atoms with Crippen molar-refractivity contribution in [3.63, 3.8) is 0 Å². The molecule has 1 aromatic carbocycles. The lowest BCUT2D eigenvalue weighted by Gasteiger charge is -2.31. The standard InChI is InChI=1S/C15H23BrN2OS/c1-15(2,3)17-11-12-10-13(16)4-5-14(12)18-6-8-20(19)9-7-18/h4-5,10,17H,6-9,11H2,1-3H3. The zero-order valence-corrected chi connectivity index (χ0v) is 14.8. The second kappa shape index (κ2) is 6.58. The van der Waals surface area contributed by atoms with Gasteiger partial charge in [0.05, 0.1) is 0 Å². The van der Waals surface area contributed by atoms with Crippen LogP contribution in [-0.4, -0.2) is 34.3 Å². The Kier molecular flexibility index (Phi) is 5.26. The molecule has 1 heterocycles. The lowest BCUT2D eigenvalue weighted by atomic mass is 10.1. The van der Waals surface area contributed by atoms with Crippen molar-refractivity contribution in [3.05, 3.63) is 28.2 Å². The average molecular weight is 359 g/mol. The van der Waals surface area contributed by atoms with Gasteiger partial charge in [-0.1, -0.05) is 15.9 Å². The van der Waals surface area contributed by atoms with E-state index in [0.29, 0.717) is 0 Å². The molecule has 0 amide bonds. The van der Waals surface area contributed by atoms with Gasteiger partial charge in [-0.3, -0.25) is 4.21 Å². The number of anilines is 1. The zero-order valence-electron chi connectivity index (χ0n) is 12.4. The van der Waals surface area contributed by atoms with E-state index >= 15 is 0 Å². The minimum absolute atomic E-state index is 0.100. The number of nitrogens with one attached hydrogen (secondary N) is 1. The van der Waals surface area contributed by atoms with Gasteiger partial charge in [-0.05, 0) is 44.5 Å². The third-order valence-corrected chi connectivity index (χ3v) is 5.14. The lowest BCUT2D eigenvalue weighted by Crippen LogP contribution is -2.39. The Bertz CT molecular complexity index is 489. The van der Waals surface area contributed by atoms with Gasteiger partial charge in [0, 0.05) is 57.6 Å². The van der Waals surface area contributed by atoms with Gasteiger partial charge in [0.25, 0.3) is 0 Å². The Morgan fingerprint density at radius 3 is 2.55 bits per heavy atom. The Morgan fingerprint density at radius 2 is 1.95 bits per heavy atom. The van der Waals surface area contributed by atoms with Crippen LogP contribution in [0.25, 0.3) is 0 Å². The van der Waals surface area contributed by atoms with Crippen LogP contribution in [0.3, 0.4) is 0 Å². The summed E-state index contributed by atoms with van der Waals surface area (Å²) in [6, 6.07) is 6.43. The fraction of sp³-hybridized carbons (Fsp3) is 0.600. The molecule has 5 heteroatoms. The molecule has 20 heavy (non-hydrogen) atoms. The van der Waals surface area contributed by atoms with Gasteiger partial charge in [0.2, 0.25) is 0 Å². The van der Waals surface area contributed by atoms with Crippen molar-refractivity contribution in [1.82, 2.24) is 5.32 Å². The molecule has 1 aromatic rings. The summed E-state index contributed by atoms with van der Waals surface area (Å²) in [5.41, 5.74) is 2.66. The van der Waals surface area contributed by atoms with Crippen LogP contribution in [0, 0.1) is 0 Å². The fourth-order valence-corrected chi connectivity index (χ4v) is 3.70. The van der Waals surface area contributed by atoms with Crippen LogP contribution in [0.4, 0.5) is 5.69 Å². The van der Waals surface area contributed by atoms with Crippen LogP contribution >= 0.6 is 15.9 Å². The number of hydrogen-bond acceptors (Lipinski definition) is 3. The van der Waals surface area contributed by atoms with E-state index in [1.807, 2.05) is 0 Å². The number of nitrogens with zero attached hydrogens (tertiary/aromatic N) is 1. The van der Waals surface area contributed by atoms with Crippen molar-refractivity contribution in [3.8, 4) is 0 Å². The lowest BCUT2D eigenvalue weighted by molar-refractivity contribution is 0.424. The monoisotopic (exact) mass is 358 g/mol. The van der Waals surface area contributed by atoms with Crippen molar-refractivity contribution >= 4 is 32.4 Å². The molecule has 3 nitrogen and oxygen atoms in total. The van der Waals surface area contributed by atoms with Crippen LogP contribution in [-0.2, 0) is 17.3 Å². The SMILES string of the molecule is CC(C)(C)NCc1cc(Br)ccc1N1CCS(=O)CC1. The molecule has 1 aliphatic heterocycles. The number of hydrogen-bond donors (Lipinski definition) is 1. The molecular formula is C15H23BrN2OS. The highest BCUT2D eigenvalue weighted by atomic mass is 79.9. The fourth-order valence-electron chi connectivity index (χ4n) is 2.24. The molecule has 1 fully saturated rings. The summed E-state index contributed by atoms with van der Waals surface area (Å²) in [6.45, 7) is 9.14. The maximum atomic E-state index is 11.5. The normalized spacial score (nSPS) is 17.5. The minimum Gasteiger partial charge on any atom is -0.369 e. The average Bonchev–Trinajstić information content (AvgIpc) is 2.37. The van der Waals surface area contributed by atoms with E-state index in [2.05, 4.69) is 65.1 Å². The van der Waals surface area contributed by atoms with E-state index in [-0.39, 0.29) is 5.54 Å². The molecule has 0 unspecified atom stereocenters. The van der Waals surface area contributed by atoms with Crippen molar-refractivity contribution in [2.75, 3.05) is 29.5 Å². The van der Waals surface area contributed by atoms with Crippen molar-refractivity contribution in [2.24, 2.45) is 0 Å². The topological polar surface area (TPSA) is 32.3 Å². The second-order valence-corrected chi connectivity index (χ2v) is 8.82. The van der Waals surface area contributed by atoms with Crippen molar-refractivity contribution < 1.29 is 4.21 Å². The van der Waals surface area contributed by atoms with Crippen LogP contribution in [0.5, 0.6) is 0 Å². The molecule has 2 rings (SSSR count). The van der Waals surface area contributed by atoms with Gasteiger partial charge in [0.15, 0.2) is 0 Å². The Labute approximate surface area is 132 Å². The third kappa shape index (κ3) is 4.57. The Hall–Kier alpha value is -0.390. The number of halogens is 1. The first-order valence-corrected chi connectivity index (χ1v) is 9.27. The van der Waals surface area contributed by atoms with Crippen molar-refractivity contribution in [1.29, 1.82) is 0 Å². The molecule has 0 spiro atoms. The van der Waals surface area contributed by atoms with Gasteiger partial charge >= 0.3 is 0 Å². The molecule has 0 saturated carbocycles. The smallest absolute Gasteiger partial charge is 0.0413 e. The summed E-state index contributed by atoms with van der Waals surface area (Å²) in [5.74, 6) is 1.56. The summed E-state index contributed by atoms with van der Waals surface area (Å²) in [6.07, 6.45) is 0. The van der Waals surface area contributed by atoms with Gasteiger partial charge in [-0.2, -0.15) is 0 Å². The predicted octanol–water partition coefficient (Wildman–Crippen LogP) is 2.91. The predicted molar refractivity (Wildman–Crippen MR) is 90.8 cm³/mol. The largest absolute Gasteiger partial charge is 0.369 e. The molecule has 0 radical (unpaired) electrons. The van der Waals surface area contributed by atoms with Crippen LogP contribution < -0.4 is 10.2 Å². The Morgan fingerprint density at radius 1 is 1.30 bits per heavy atom. The highest BCUT2D eigenvalue weighted by Crippen LogP contribution is 2.26. The van der Waals surface area contributed by atoms with E-state index in [1.165, 1.54) is 11.3 Å². The maximum Gasteiger partial charge on any atom is 0.0413 e. The highest BCUT2D eigenvalue weighted by Gasteiger charge is 2.19. The summed E-state index contributed by atoms with van der Waals surface area (Å²) >= 11 is 3.56. The quantitative estimate of drug-likeness (QED) is 0.901. The maximum absolute atomic E-state index is 11.5. The van der Waals surface area contributed by atoms with Gasteiger partial charge < -0.3 is 10.2 Å². The van der Waals surface area contributed by atoms with E-state index < -0.39 is 10.8 Å². The molecule has 112 valence electrons. The van der Waals surface area contributed by atoms with Gasteiger partial charge in [-0.15, -0.1) is 0 Å². The molecule has 0 bridgehead atoms. The number of rotatable bonds is 3. The van der Waals surface area contributed by atoms with Crippen LogP contribution in [0.1, 0.15) is 26.3 Å². The first-order chi connectivity index (χ1) is 9.35. The van der Waals surface area contributed by atoms with Gasteiger partial charge in [0.1, 0.15) is 0 Å². The molecule has 1 N–H and O–H groups in total. The molecular weight excluding hydrogens is 336 g/mol. The summed E-state index contributed by atoms with van der Waals surface area (Å²) in [4.78, 5) is 2.35. The minimum atomic E-state index is -0.630. The summed E-state index contributed by atoms with van der Waals surface area (Å²) < 4.78 is 12.6. The highest BCUT2D eigenvalue weighted by molar-refractivity contribution is 9.10. The zero-order chi connectivity index (χ0) is 14.8. The molecule has 0 aliphatic carbocycles. The third-order valence-electron chi connectivity index (χ3n) is 3.37. The van der Waals surface area contributed by atoms with E-state index in [1.54, 1.807) is 0 Å². The molecule has 0 atom stereocenters. The Balaban J connectivity index is 2.17. The second-order valence-electron chi connectivity index (χ2n) is 6.21. The van der Waals surface area contributed by atoms with Gasteiger partial charge in [-0.25, -0.2) is 0 Å². The first kappa shape index (κ1) is 16.0. The molecule has 0 aromatic heterocycles.